The standard InChI is InChI=1S/C20H30N2O5/c23-16(22-18(25)21-15-4-2-1-3-5-15)11-27-17(24)19-7-13-6-14(8-19)10-20(26,9-13)12-19/h13-15,26H,1-12H2,(H2,21,22,23,25)/t13-,14-,19?,20?/m0/s1. The molecule has 0 heterocycles. The van der Waals surface area contributed by atoms with Gasteiger partial charge in [-0.3, -0.25) is 14.9 Å². The average molecular weight is 378 g/mol. The van der Waals surface area contributed by atoms with Crippen LogP contribution in [0.15, 0.2) is 0 Å². The van der Waals surface area contributed by atoms with E-state index in [9.17, 15) is 19.5 Å². The smallest absolute Gasteiger partial charge is 0.321 e. The molecule has 150 valence electrons. The van der Waals surface area contributed by atoms with Crippen LogP contribution in [0.5, 0.6) is 0 Å². The number of urea groups is 1. The van der Waals surface area contributed by atoms with Crippen molar-refractivity contribution in [2.75, 3.05) is 6.61 Å². The zero-order valence-corrected chi connectivity index (χ0v) is 15.8. The molecule has 0 aromatic carbocycles. The summed E-state index contributed by atoms with van der Waals surface area (Å²) in [7, 11) is 0. The van der Waals surface area contributed by atoms with Crippen LogP contribution >= 0.6 is 0 Å². The first-order chi connectivity index (χ1) is 12.9. The van der Waals surface area contributed by atoms with Gasteiger partial charge in [0.1, 0.15) is 0 Å². The Labute approximate surface area is 159 Å². The molecule has 0 unspecified atom stereocenters. The fourth-order valence-electron chi connectivity index (χ4n) is 6.37. The molecule has 0 aliphatic heterocycles. The molecule has 3 N–H and O–H groups in total. The molecule has 5 fully saturated rings. The molecule has 5 saturated carbocycles. The van der Waals surface area contributed by atoms with Crippen LogP contribution < -0.4 is 10.6 Å². The summed E-state index contributed by atoms with van der Waals surface area (Å²) in [6.07, 6.45) is 9.81. The summed E-state index contributed by atoms with van der Waals surface area (Å²) in [5.41, 5.74) is -1.39. The van der Waals surface area contributed by atoms with E-state index in [1.807, 2.05) is 0 Å². The van der Waals surface area contributed by atoms with Gasteiger partial charge in [-0.2, -0.15) is 0 Å². The molecule has 5 aliphatic rings. The lowest BCUT2D eigenvalue weighted by Crippen LogP contribution is -2.58. The van der Waals surface area contributed by atoms with Crippen molar-refractivity contribution < 1.29 is 24.2 Å². The fourth-order valence-corrected chi connectivity index (χ4v) is 6.37. The SMILES string of the molecule is O=C(COC(=O)C12C[C@@H]3C[C@H](CC(O)(C3)C1)C2)NC(=O)NC1CCCCC1. The monoisotopic (exact) mass is 378 g/mol. The van der Waals surface area contributed by atoms with Gasteiger partial charge in [-0.15, -0.1) is 0 Å². The van der Waals surface area contributed by atoms with Crippen LogP contribution in [0.25, 0.3) is 0 Å². The number of rotatable bonds is 4. The highest BCUT2D eigenvalue weighted by Crippen LogP contribution is 2.61. The van der Waals surface area contributed by atoms with E-state index in [1.165, 1.54) is 6.42 Å². The second kappa shape index (κ2) is 7.08. The molecule has 4 bridgehead atoms. The highest BCUT2D eigenvalue weighted by Gasteiger charge is 2.60. The van der Waals surface area contributed by atoms with Gasteiger partial charge in [0.2, 0.25) is 0 Å². The Morgan fingerprint density at radius 2 is 1.67 bits per heavy atom. The Hall–Kier alpha value is -1.63. The number of aliphatic hydroxyl groups is 1. The van der Waals surface area contributed by atoms with Crippen LogP contribution in [0.1, 0.15) is 70.6 Å². The molecule has 5 rings (SSSR count). The molecule has 7 nitrogen and oxygen atoms in total. The number of amides is 3. The van der Waals surface area contributed by atoms with Crippen molar-refractivity contribution >= 4 is 17.9 Å². The van der Waals surface area contributed by atoms with Crippen molar-refractivity contribution in [2.24, 2.45) is 17.3 Å². The summed E-state index contributed by atoms with van der Waals surface area (Å²) < 4.78 is 5.28. The summed E-state index contributed by atoms with van der Waals surface area (Å²) in [5.74, 6) is -0.254. The van der Waals surface area contributed by atoms with Gasteiger partial charge < -0.3 is 15.2 Å². The number of nitrogens with one attached hydrogen (secondary N) is 2. The highest BCUT2D eigenvalue weighted by molar-refractivity contribution is 5.95. The molecule has 27 heavy (non-hydrogen) atoms. The third-order valence-corrected chi connectivity index (χ3v) is 6.99. The molecule has 3 amide bonds. The lowest BCUT2D eigenvalue weighted by atomic mass is 9.48. The minimum Gasteiger partial charge on any atom is -0.455 e. The van der Waals surface area contributed by atoms with Gasteiger partial charge in [0.05, 0.1) is 11.0 Å². The number of hydrogen-bond donors (Lipinski definition) is 3. The summed E-state index contributed by atoms with van der Waals surface area (Å²) in [6.45, 7) is -0.452. The molecular weight excluding hydrogens is 348 g/mol. The Balaban J connectivity index is 1.25. The van der Waals surface area contributed by atoms with E-state index >= 15 is 0 Å². The van der Waals surface area contributed by atoms with Crippen LogP contribution in [-0.2, 0) is 14.3 Å². The lowest BCUT2D eigenvalue weighted by Gasteiger charge is -2.58. The number of hydrogen-bond acceptors (Lipinski definition) is 5. The van der Waals surface area contributed by atoms with Crippen LogP contribution in [0, 0.1) is 17.3 Å². The molecule has 0 radical (unpaired) electrons. The van der Waals surface area contributed by atoms with E-state index in [0.717, 1.165) is 57.8 Å². The summed E-state index contributed by atoms with van der Waals surface area (Å²) in [6, 6.07) is -0.408. The van der Waals surface area contributed by atoms with Gasteiger partial charge in [0.15, 0.2) is 6.61 Å². The molecule has 0 spiro atoms. The van der Waals surface area contributed by atoms with Crippen LogP contribution in [0.4, 0.5) is 4.79 Å². The Kier molecular flexibility index (Phi) is 4.91. The first kappa shape index (κ1) is 18.7. The van der Waals surface area contributed by atoms with Crippen molar-refractivity contribution in [3.63, 3.8) is 0 Å². The van der Waals surface area contributed by atoms with Crippen LogP contribution in [0.2, 0.25) is 0 Å². The number of imide groups is 1. The van der Waals surface area contributed by atoms with Crippen molar-refractivity contribution in [1.82, 2.24) is 10.6 Å². The van der Waals surface area contributed by atoms with Crippen molar-refractivity contribution in [3.8, 4) is 0 Å². The zero-order valence-electron chi connectivity index (χ0n) is 15.8. The molecule has 0 aromatic rings. The topological polar surface area (TPSA) is 105 Å². The maximum atomic E-state index is 12.7. The van der Waals surface area contributed by atoms with E-state index in [0.29, 0.717) is 18.3 Å². The fraction of sp³-hybridized carbons (Fsp3) is 0.850. The second-order valence-corrected chi connectivity index (χ2v) is 9.40. The molecule has 2 atom stereocenters. The van der Waals surface area contributed by atoms with Gasteiger partial charge in [-0.1, -0.05) is 19.3 Å². The quantitative estimate of drug-likeness (QED) is 0.649. The normalized spacial score (nSPS) is 37.7. The molecule has 0 aromatic heterocycles. The van der Waals surface area contributed by atoms with Gasteiger partial charge in [0.25, 0.3) is 5.91 Å². The maximum absolute atomic E-state index is 12.7. The average Bonchev–Trinajstić information content (AvgIpc) is 2.58. The Morgan fingerprint density at radius 1 is 1.00 bits per heavy atom. The van der Waals surface area contributed by atoms with E-state index in [1.54, 1.807) is 0 Å². The zero-order chi connectivity index (χ0) is 19.1. The van der Waals surface area contributed by atoms with Gasteiger partial charge >= 0.3 is 12.0 Å². The van der Waals surface area contributed by atoms with E-state index in [4.69, 9.17) is 4.74 Å². The van der Waals surface area contributed by atoms with Crippen molar-refractivity contribution in [2.45, 2.75) is 82.3 Å². The third-order valence-electron chi connectivity index (χ3n) is 6.99. The minimum absolute atomic E-state index is 0.113. The first-order valence-corrected chi connectivity index (χ1v) is 10.4. The predicted molar refractivity (Wildman–Crippen MR) is 96.6 cm³/mol. The first-order valence-electron chi connectivity index (χ1n) is 10.4. The van der Waals surface area contributed by atoms with Crippen LogP contribution in [0.3, 0.4) is 0 Å². The van der Waals surface area contributed by atoms with Gasteiger partial charge in [-0.05, 0) is 63.2 Å². The molecule has 0 saturated heterocycles. The van der Waals surface area contributed by atoms with Crippen LogP contribution in [-0.4, -0.2) is 41.3 Å². The maximum Gasteiger partial charge on any atom is 0.321 e. The second-order valence-electron chi connectivity index (χ2n) is 9.40. The number of carbonyl (C=O) groups is 3. The lowest BCUT2D eigenvalue weighted by molar-refractivity contribution is -0.196. The third kappa shape index (κ3) is 3.98. The number of ether oxygens (including phenoxy) is 1. The van der Waals surface area contributed by atoms with E-state index in [2.05, 4.69) is 10.6 Å². The van der Waals surface area contributed by atoms with E-state index < -0.39 is 35.5 Å². The molecule has 7 heteroatoms. The Bertz CT molecular complexity index is 614. The number of carbonyl (C=O) groups excluding carboxylic acids is 3. The van der Waals surface area contributed by atoms with Crippen molar-refractivity contribution in [3.05, 3.63) is 0 Å². The van der Waals surface area contributed by atoms with Gasteiger partial charge in [-0.25, -0.2) is 4.79 Å². The van der Waals surface area contributed by atoms with Gasteiger partial charge in [0, 0.05) is 6.04 Å². The highest BCUT2D eigenvalue weighted by atomic mass is 16.5. The van der Waals surface area contributed by atoms with Crippen molar-refractivity contribution in [1.29, 1.82) is 0 Å². The number of esters is 1. The van der Waals surface area contributed by atoms with E-state index in [-0.39, 0.29) is 6.04 Å². The predicted octanol–water partition coefficient (Wildman–Crippen LogP) is 2.02. The minimum atomic E-state index is -0.745. The Morgan fingerprint density at radius 3 is 2.30 bits per heavy atom. The summed E-state index contributed by atoms with van der Waals surface area (Å²) in [4.78, 5) is 36.6. The summed E-state index contributed by atoms with van der Waals surface area (Å²) >= 11 is 0. The largest absolute Gasteiger partial charge is 0.455 e. The summed E-state index contributed by atoms with van der Waals surface area (Å²) in [5, 5.41) is 15.8. The molecular formula is C20H30N2O5. The molecule has 5 aliphatic carbocycles.